The highest BCUT2D eigenvalue weighted by Gasteiger charge is 2.00. The average molecular weight is 150 g/mol. The van der Waals surface area contributed by atoms with Crippen LogP contribution < -0.4 is 0 Å². The number of hydrogen-bond acceptors (Lipinski definition) is 1. The summed E-state index contributed by atoms with van der Waals surface area (Å²) in [7, 11) is 0. The van der Waals surface area contributed by atoms with Gasteiger partial charge in [-0.05, 0) is 6.42 Å². The predicted molar refractivity (Wildman–Crippen MR) is 47.4 cm³/mol. The molecule has 0 fully saturated rings. The van der Waals surface area contributed by atoms with Gasteiger partial charge in [-0.3, -0.25) is 0 Å². The minimum absolute atomic E-state index is 0.964. The second-order valence-electron chi connectivity index (χ2n) is 2.45. The molecule has 0 aromatic carbocycles. The standard InChI is InChI=1S/C9H14N2/c1-4-8-7-11(6-3)9(5-2)10-8/h6-7H,3-5H2,1-2H3. The first-order chi connectivity index (χ1) is 5.31. The first-order valence-electron chi connectivity index (χ1n) is 4.01. The molecule has 60 valence electrons. The van der Waals surface area contributed by atoms with Crippen LogP contribution in [0.1, 0.15) is 25.4 Å². The van der Waals surface area contributed by atoms with Gasteiger partial charge in [-0.25, -0.2) is 4.98 Å². The zero-order chi connectivity index (χ0) is 8.27. The maximum atomic E-state index is 4.41. The Bertz CT molecular complexity index is 248. The average Bonchev–Trinajstić information content (AvgIpc) is 2.46. The Balaban J connectivity index is 3.01. The Morgan fingerprint density at radius 3 is 2.64 bits per heavy atom. The number of rotatable bonds is 3. The van der Waals surface area contributed by atoms with E-state index < -0.39 is 0 Å². The van der Waals surface area contributed by atoms with Gasteiger partial charge >= 0.3 is 0 Å². The molecule has 0 saturated heterocycles. The summed E-state index contributed by atoms with van der Waals surface area (Å²) in [5.41, 5.74) is 1.14. The van der Waals surface area contributed by atoms with E-state index in [-0.39, 0.29) is 0 Å². The van der Waals surface area contributed by atoms with Crippen LogP contribution in [-0.2, 0) is 12.8 Å². The molecule has 0 aliphatic carbocycles. The number of hydrogen-bond donors (Lipinski definition) is 0. The monoisotopic (exact) mass is 150 g/mol. The molecule has 2 heteroatoms. The highest BCUT2D eigenvalue weighted by atomic mass is 15.1. The topological polar surface area (TPSA) is 17.8 Å². The van der Waals surface area contributed by atoms with Crippen LogP contribution in [0.25, 0.3) is 6.20 Å². The van der Waals surface area contributed by atoms with Crippen molar-refractivity contribution in [3.8, 4) is 0 Å². The molecule has 0 spiro atoms. The number of imidazole rings is 1. The molecule has 11 heavy (non-hydrogen) atoms. The first-order valence-corrected chi connectivity index (χ1v) is 4.01. The molecule has 1 aromatic rings. The van der Waals surface area contributed by atoms with Gasteiger partial charge in [0.25, 0.3) is 0 Å². The molecule has 2 nitrogen and oxygen atoms in total. The second-order valence-corrected chi connectivity index (χ2v) is 2.45. The third kappa shape index (κ3) is 1.50. The normalized spacial score (nSPS) is 10.0. The van der Waals surface area contributed by atoms with Crippen molar-refractivity contribution in [1.29, 1.82) is 0 Å². The third-order valence-electron chi connectivity index (χ3n) is 1.73. The van der Waals surface area contributed by atoms with Crippen LogP contribution in [0.15, 0.2) is 12.8 Å². The van der Waals surface area contributed by atoms with Gasteiger partial charge < -0.3 is 4.57 Å². The van der Waals surface area contributed by atoms with Crippen LogP contribution in [0.4, 0.5) is 0 Å². The number of aromatic nitrogens is 2. The molecule has 1 heterocycles. The van der Waals surface area contributed by atoms with E-state index in [4.69, 9.17) is 0 Å². The highest BCUT2D eigenvalue weighted by Crippen LogP contribution is 2.04. The van der Waals surface area contributed by atoms with Crippen molar-refractivity contribution in [3.63, 3.8) is 0 Å². The molecule has 0 aliphatic heterocycles. The van der Waals surface area contributed by atoms with Crippen LogP contribution in [0.5, 0.6) is 0 Å². The zero-order valence-electron chi connectivity index (χ0n) is 7.17. The minimum atomic E-state index is 0.964. The molecule has 0 unspecified atom stereocenters. The maximum absolute atomic E-state index is 4.41. The Morgan fingerprint density at radius 2 is 2.27 bits per heavy atom. The van der Waals surface area contributed by atoms with Crippen LogP contribution in [0.3, 0.4) is 0 Å². The van der Waals surface area contributed by atoms with E-state index in [1.54, 1.807) is 6.20 Å². The minimum Gasteiger partial charge on any atom is -0.311 e. The van der Waals surface area contributed by atoms with Crippen molar-refractivity contribution in [2.45, 2.75) is 26.7 Å². The second kappa shape index (κ2) is 3.37. The van der Waals surface area contributed by atoms with Gasteiger partial charge in [0, 0.05) is 18.8 Å². The van der Waals surface area contributed by atoms with Crippen LogP contribution in [0, 0.1) is 0 Å². The summed E-state index contributed by atoms with van der Waals surface area (Å²) in [6, 6.07) is 0. The predicted octanol–water partition coefficient (Wildman–Crippen LogP) is 2.11. The van der Waals surface area contributed by atoms with Gasteiger partial charge in [0.05, 0.1) is 5.69 Å². The summed E-state index contributed by atoms with van der Waals surface area (Å²) >= 11 is 0. The molecular weight excluding hydrogens is 136 g/mol. The van der Waals surface area contributed by atoms with Gasteiger partial charge in [0.2, 0.25) is 0 Å². The van der Waals surface area contributed by atoms with E-state index in [2.05, 4.69) is 25.4 Å². The van der Waals surface area contributed by atoms with E-state index >= 15 is 0 Å². The van der Waals surface area contributed by atoms with Crippen molar-refractivity contribution in [1.82, 2.24) is 9.55 Å². The Hall–Kier alpha value is -1.05. The van der Waals surface area contributed by atoms with Crippen LogP contribution >= 0.6 is 0 Å². The molecule has 0 atom stereocenters. The number of aryl methyl sites for hydroxylation is 2. The van der Waals surface area contributed by atoms with Gasteiger partial charge in [-0.2, -0.15) is 0 Å². The zero-order valence-corrected chi connectivity index (χ0v) is 7.17. The molecule has 0 radical (unpaired) electrons. The highest BCUT2D eigenvalue weighted by molar-refractivity contribution is 5.22. The lowest BCUT2D eigenvalue weighted by atomic mass is 10.4. The molecule has 0 amide bonds. The van der Waals surface area contributed by atoms with Crippen LogP contribution in [0.2, 0.25) is 0 Å². The smallest absolute Gasteiger partial charge is 0.112 e. The Labute approximate surface area is 67.6 Å². The molecule has 1 rings (SSSR count). The van der Waals surface area contributed by atoms with Crippen molar-refractivity contribution in [2.75, 3.05) is 0 Å². The van der Waals surface area contributed by atoms with Crippen LogP contribution in [-0.4, -0.2) is 9.55 Å². The maximum Gasteiger partial charge on any atom is 0.112 e. The van der Waals surface area contributed by atoms with E-state index in [0.29, 0.717) is 0 Å². The summed E-state index contributed by atoms with van der Waals surface area (Å²) in [6.07, 6.45) is 5.79. The molecular formula is C9H14N2. The fraction of sp³-hybridized carbons (Fsp3) is 0.444. The molecule has 0 bridgehead atoms. The van der Waals surface area contributed by atoms with Gasteiger partial charge in [-0.1, -0.05) is 20.4 Å². The summed E-state index contributed by atoms with van der Waals surface area (Å²) in [4.78, 5) is 4.41. The quantitative estimate of drug-likeness (QED) is 0.645. The van der Waals surface area contributed by atoms with E-state index in [1.165, 1.54) is 0 Å². The van der Waals surface area contributed by atoms with Crippen molar-refractivity contribution >= 4 is 6.20 Å². The fourth-order valence-corrected chi connectivity index (χ4v) is 1.08. The lowest BCUT2D eigenvalue weighted by molar-refractivity contribution is 0.916. The van der Waals surface area contributed by atoms with Gasteiger partial charge in [0.1, 0.15) is 5.82 Å². The summed E-state index contributed by atoms with van der Waals surface area (Å²) in [5.74, 6) is 1.09. The van der Waals surface area contributed by atoms with E-state index in [9.17, 15) is 0 Å². The van der Waals surface area contributed by atoms with E-state index in [0.717, 1.165) is 24.4 Å². The SMILES string of the molecule is C=Cn1cc(CC)nc1CC. The van der Waals surface area contributed by atoms with Gasteiger partial charge in [-0.15, -0.1) is 0 Å². The molecule has 0 aliphatic rings. The lowest BCUT2D eigenvalue weighted by Gasteiger charge is -1.94. The van der Waals surface area contributed by atoms with Crippen molar-refractivity contribution < 1.29 is 0 Å². The molecule has 0 saturated carbocycles. The van der Waals surface area contributed by atoms with Gasteiger partial charge in [0.15, 0.2) is 0 Å². The fourth-order valence-electron chi connectivity index (χ4n) is 1.08. The summed E-state index contributed by atoms with van der Waals surface area (Å²) < 4.78 is 1.98. The Kier molecular flexibility index (Phi) is 2.47. The first kappa shape index (κ1) is 8.05. The van der Waals surface area contributed by atoms with E-state index in [1.807, 2.05) is 10.8 Å². The third-order valence-corrected chi connectivity index (χ3v) is 1.73. The molecule has 0 N–H and O–H groups in total. The van der Waals surface area contributed by atoms with Crippen molar-refractivity contribution in [2.24, 2.45) is 0 Å². The van der Waals surface area contributed by atoms with Crippen molar-refractivity contribution in [3.05, 3.63) is 24.3 Å². The summed E-state index contributed by atoms with van der Waals surface area (Å²) in [6.45, 7) is 7.92. The number of nitrogens with zero attached hydrogens (tertiary/aromatic N) is 2. The Morgan fingerprint density at radius 1 is 1.55 bits per heavy atom. The molecule has 1 aromatic heterocycles. The largest absolute Gasteiger partial charge is 0.311 e. The summed E-state index contributed by atoms with van der Waals surface area (Å²) in [5, 5.41) is 0. The lowest BCUT2D eigenvalue weighted by Crippen LogP contribution is -1.91.